The van der Waals surface area contributed by atoms with E-state index < -0.39 is 5.60 Å². The van der Waals surface area contributed by atoms with Crippen molar-refractivity contribution < 1.29 is 14.2 Å². The molecule has 1 aliphatic rings. The Morgan fingerprint density at radius 2 is 2.28 bits per heavy atom. The van der Waals surface area contributed by atoms with Gasteiger partial charge in [0.1, 0.15) is 17.7 Å². The van der Waals surface area contributed by atoms with Crippen LogP contribution in [0.5, 0.6) is 5.75 Å². The van der Waals surface area contributed by atoms with Gasteiger partial charge in [-0.25, -0.2) is 4.39 Å². The number of benzene rings is 1. The quantitative estimate of drug-likeness (QED) is 0.316. The number of ether oxygens (including phenoxy) is 1. The second-order valence-electron chi connectivity index (χ2n) is 5.99. The molecule has 0 aliphatic carbocycles. The van der Waals surface area contributed by atoms with Gasteiger partial charge in [-0.3, -0.25) is 4.99 Å². The maximum atomic E-state index is 13.2. The summed E-state index contributed by atoms with van der Waals surface area (Å²) in [6.45, 7) is 5.54. The summed E-state index contributed by atoms with van der Waals surface area (Å²) in [5, 5.41) is 16.7. The second kappa shape index (κ2) is 11.1. The van der Waals surface area contributed by atoms with E-state index in [1.165, 1.54) is 12.1 Å². The molecule has 1 aromatic rings. The van der Waals surface area contributed by atoms with E-state index in [2.05, 4.69) is 15.6 Å². The highest BCUT2D eigenvalue weighted by Crippen LogP contribution is 2.27. The van der Waals surface area contributed by atoms with Crippen molar-refractivity contribution in [3.05, 3.63) is 30.1 Å². The van der Waals surface area contributed by atoms with Crippen LogP contribution in [0.25, 0.3) is 0 Å². The van der Waals surface area contributed by atoms with Crippen LogP contribution in [-0.2, 0) is 0 Å². The molecule has 1 heterocycles. The summed E-state index contributed by atoms with van der Waals surface area (Å²) in [5.74, 6) is 2.55. The molecule has 0 amide bonds. The number of hydrogen-bond acceptors (Lipinski definition) is 4. The van der Waals surface area contributed by atoms with Gasteiger partial charge in [-0.05, 0) is 38.2 Å². The fourth-order valence-corrected chi connectivity index (χ4v) is 3.63. The van der Waals surface area contributed by atoms with Gasteiger partial charge in [0.15, 0.2) is 5.96 Å². The lowest BCUT2D eigenvalue weighted by atomic mass is 10.1. The Bertz CT molecular complexity index is 556. The van der Waals surface area contributed by atoms with Crippen molar-refractivity contribution in [3.63, 3.8) is 0 Å². The minimum atomic E-state index is -0.698. The van der Waals surface area contributed by atoms with Crippen molar-refractivity contribution in [2.45, 2.75) is 32.0 Å². The predicted molar refractivity (Wildman–Crippen MR) is 113 cm³/mol. The van der Waals surface area contributed by atoms with Crippen LogP contribution >= 0.6 is 35.7 Å². The highest BCUT2D eigenvalue weighted by molar-refractivity contribution is 14.0. The third-order valence-electron chi connectivity index (χ3n) is 3.65. The highest BCUT2D eigenvalue weighted by Gasteiger charge is 2.31. The van der Waals surface area contributed by atoms with Gasteiger partial charge in [0, 0.05) is 18.4 Å². The van der Waals surface area contributed by atoms with E-state index in [1.807, 2.05) is 13.8 Å². The summed E-state index contributed by atoms with van der Waals surface area (Å²) in [6, 6.07) is 6.10. The van der Waals surface area contributed by atoms with Gasteiger partial charge >= 0.3 is 0 Å². The van der Waals surface area contributed by atoms with Gasteiger partial charge in [-0.1, -0.05) is 6.07 Å². The lowest BCUT2D eigenvalue weighted by Gasteiger charge is -2.21. The van der Waals surface area contributed by atoms with Crippen LogP contribution in [0, 0.1) is 5.82 Å². The Morgan fingerprint density at radius 3 is 2.92 bits per heavy atom. The zero-order chi connectivity index (χ0) is 17.4. The summed E-state index contributed by atoms with van der Waals surface area (Å²) in [5.41, 5.74) is -0.698. The molecule has 8 heteroatoms. The second-order valence-corrected chi connectivity index (χ2v) is 7.09. The zero-order valence-electron chi connectivity index (χ0n) is 14.6. The van der Waals surface area contributed by atoms with E-state index in [4.69, 9.17) is 4.74 Å². The van der Waals surface area contributed by atoms with Crippen molar-refractivity contribution in [2.75, 3.05) is 31.1 Å². The lowest BCUT2D eigenvalue weighted by Crippen LogP contribution is -2.43. The van der Waals surface area contributed by atoms with Crippen molar-refractivity contribution in [1.29, 1.82) is 0 Å². The molecule has 2 atom stereocenters. The lowest BCUT2D eigenvalue weighted by molar-refractivity contribution is 0.0778. The van der Waals surface area contributed by atoms with Crippen molar-refractivity contribution in [2.24, 2.45) is 4.99 Å². The number of nitrogens with zero attached hydrogens (tertiary/aromatic N) is 1. The first-order valence-electron chi connectivity index (χ1n) is 8.25. The molecular formula is C17H27FIN3O2S. The first-order chi connectivity index (χ1) is 11.5. The van der Waals surface area contributed by atoms with Crippen LogP contribution in [0.2, 0.25) is 0 Å². The Morgan fingerprint density at radius 1 is 1.48 bits per heavy atom. The zero-order valence-corrected chi connectivity index (χ0v) is 17.8. The Hall–Kier alpha value is -0.740. The van der Waals surface area contributed by atoms with Crippen molar-refractivity contribution in [1.82, 2.24) is 10.6 Å². The SMILES string of the molecule is CCNC(=NCC1(O)CCSC1)NCC(C)Oc1cccc(F)c1.I. The van der Waals surface area contributed by atoms with Crippen LogP contribution in [0.1, 0.15) is 20.3 Å². The molecule has 1 aliphatic heterocycles. The van der Waals surface area contributed by atoms with Crippen LogP contribution in [0.3, 0.4) is 0 Å². The topological polar surface area (TPSA) is 65.9 Å². The number of halogens is 2. The molecule has 0 aromatic heterocycles. The van der Waals surface area contributed by atoms with Gasteiger partial charge in [-0.2, -0.15) is 11.8 Å². The van der Waals surface area contributed by atoms with E-state index in [9.17, 15) is 9.50 Å². The fourth-order valence-electron chi connectivity index (χ4n) is 2.34. The highest BCUT2D eigenvalue weighted by atomic mass is 127. The van der Waals surface area contributed by atoms with E-state index in [0.717, 1.165) is 24.5 Å². The molecule has 0 saturated carbocycles. The summed E-state index contributed by atoms with van der Waals surface area (Å²) in [7, 11) is 0. The summed E-state index contributed by atoms with van der Waals surface area (Å²) >= 11 is 1.76. The fraction of sp³-hybridized carbons (Fsp3) is 0.588. The molecule has 2 rings (SSSR count). The minimum Gasteiger partial charge on any atom is -0.489 e. The van der Waals surface area contributed by atoms with E-state index in [1.54, 1.807) is 23.9 Å². The predicted octanol–water partition coefficient (Wildman–Crippen LogP) is 2.63. The number of nitrogens with one attached hydrogen (secondary N) is 2. The van der Waals surface area contributed by atoms with Crippen LogP contribution < -0.4 is 15.4 Å². The maximum absolute atomic E-state index is 13.2. The molecule has 5 nitrogen and oxygen atoms in total. The molecule has 0 bridgehead atoms. The van der Waals surface area contributed by atoms with Gasteiger partial charge in [0.2, 0.25) is 0 Å². The van der Waals surface area contributed by atoms with Gasteiger partial charge in [-0.15, -0.1) is 24.0 Å². The Balaban J connectivity index is 0.00000312. The van der Waals surface area contributed by atoms with Crippen molar-refractivity contribution in [3.8, 4) is 5.75 Å². The summed E-state index contributed by atoms with van der Waals surface area (Å²) < 4.78 is 18.8. The van der Waals surface area contributed by atoms with E-state index in [0.29, 0.717) is 24.8 Å². The molecular weight excluding hydrogens is 456 g/mol. The van der Waals surface area contributed by atoms with Crippen LogP contribution in [-0.4, -0.2) is 53.9 Å². The minimum absolute atomic E-state index is 0. The Labute approximate surface area is 170 Å². The molecule has 1 aromatic carbocycles. The number of aliphatic hydroxyl groups is 1. The van der Waals surface area contributed by atoms with E-state index in [-0.39, 0.29) is 35.9 Å². The molecule has 1 fully saturated rings. The molecule has 2 unspecified atom stereocenters. The van der Waals surface area contributed by atoms with Gasteiger partial charge in [0.05, 0.1) is 18.7 Å². The Kier molecular flexibility index (Phi) is 9.88. The summed E-state index contributed by atoms with van der Waals surface area (Å²) in [4.78, 5) is 4.48. The van der Waals surface area contributed by atoms with E-state index >= 15 is 0 Å². The van der Waals surface area contributed by atoms with Crippen molar-refractivity contribution >= 4 is 41.7 Å². The number of hydrogen-bond donors (Lipinski definition) is 3. The maximum Gasteiger partial charge on any atom is 0.191 e. The third-order valence-corrected chi connectivity index (χ3v) is 4.88. The van der Waals surface area contributed by atoms with Crippen LogP contribution in [0.15, 0.2) is 29.3 Å². The number of thioether (sulfide) groups is 1. The normalized spacial score (nSPS) is 21.4. The average Bonchev–Trinajstić information content (AvgIpc) is 2.97. The first-order valence-corrected chi connectivity index (χ1v) is 9.41. The smallest absolute Gasteiger partial charge is 0.191 e. The first kappa shape index (κ1) is 22.3. The molecule has 3 N–H and O–H groups in total. The number of rotatable bonds is 7. The van der Waals surface area contributed by atoms with Gasteiger partial charge in [0.25, 0.3) is 0 Å². The van der Waals surface area contributed by atoms with Crippen LogP contribution in [0.4, 0.5) is 4.39 Å². The number of aliphatic imine (C=N–C) groups is 1. The molecule has 0 radical (unpaired) electrons. The largest absolute Gasteiger partial charge is 0.489 e. The molecule has 0 spiro atoms. The molecule has 25 heavy (non-hydrogen) atoms. The third kappa shape index (κ3) is 8.00. The average molecular weight is 483 g/mol. The molecule has 1 saturated heterocycles. The molecule has 142 valence electrons. The monoisotopic (exact) mass is 483 g/mol. The standard InChI is InChI=1S/C17H26FN3O2S.HI/c1-3-19-16(21-11-17(22)7-8-24-12-17)20-10-13(2)23-15-6-4-5-14(18)9-15;/h4-6,9,13,22H,3,7-8,10-12H2,1-2H3,(H2,19,20,21);1H. The number of guanidine groups is 1. The van der Waals surface area contributed by atoms with Gasteiger partial charge < -0.3 is 20.5 Å². The summed E-state index contributed by atoms with van der Waals surface area (Å²) in [6.07, 6.45) is 0.625.